The summed E-state index contributed by atoms with van der Waals surface area (Å²) in [5.74, 6) is 0.0762. The van der Waals surface area contributed by atoms with Gasteiger partial charge in [0.1, 0.15) is 11.9 Å². The zero-order valence-electron chi connectivity index (χ0n) is 8.87. The minimum atomic E-state index is -0.498. The minimum absolute atomic E-state index is 0.0538. The second kappa shape index (κ2) is 5.45. The predicted molar refractivity (Wildman–Crippen MR) is 66.2 cm³/mol. The molecule has 3 N–H and O–H groups in total. The van der Waals surface area contributed by atoms with E-state index in [-0.39, 0.29) is 11.2 Å². The lowest BCUT2D eigenvalue weighted by Gasteiger charge is -2.19. The van der Waals surface area contributed by atoms with Gasteiger partial charge in [-0.05, 0) is 33.4 Å². The van der Waals surface area contributed by atoms with Crippen molar-refractivity contribution >= 4 is 39.3 Å². The summed E-state index contributed by atoms with van der Waals surface area (Å²) in [6, 6.07) is -0.498. The smallest absolute Gasteiger partial charge is 0.240 e. The average Bonchev–Trinajstić information content (AvgIpc) is 2.18. The van der Waals surface area contributed by atoms with Gasteiger partial charge in [0, 0.05) is 6.20 Å². The Morgan fingerprint density at radius 2 is 2.25 bits per heavy atom. The fourth-order valence-electron chi connectivity index (χ4n) is 1.16. The molecule has 16 heavy (non-hydrogen) atoms. The lowest BCUT2D eigenvalue weighted by atomic mass is 10.0. The first-order chi connectivity index (χ1) is 7.41. The summed E-state index contributed by atoms with van der Waals surface area (Å²) in [6.45, 7) is 3.78. The molecule has 88 valence electrons. The van der Waals surface area contributed by atoms with Gasteiger partial charge in [0.2, 0.25) is 11.2 Å². The Kier molecular flexibility index (Phi) is 4.49. The molecule has 0 bridgehead atoms. The van der Waals surface area contributed by atoms with Crippen molar-refractivity contribution in [1.29, 1.82) is 0 Å². The first kappa shape index (κ1) is 13.2. The molecule has 1 unspecified atom stereocenters. The van der Waals surface area contributed by atoms with Crippen molar-refractivity contribution in [1.82, 2.24) is 9.97 Å². The number of primary amides is 1. The van der Waals surface area contributed by atoms with Crippen molar-refractivity contribution < 1.29 is 4.79 Å². The lowest BCUT2D eigenvalue weighted by Crippen LogP contribution is -2.39. The monoisotopic (exact) mass is 306 g/mol. The van der Waals surface area contributed by atoms with Crippen LogP contribution in [0.5, 0.6) is 0 Å². The van der Waals surface area contributed by atoms with E-state index in [1.165, 1.54) is 6.20 Å². The van der Waals surface area contributed by atoms with Crippen LogP contribution in [0.2, 0.25) is 5.28 Å². The van der Waals surface area contributed by atoms with Crippen LogP contribution >= 0.6 is 27.5 Å². The van der Waals surface area contributed by atoms with Gasteiger partial charge in [-0.1, -0.05) is 13.8 Å². The van der Waals surface area contributed by atoms with Crippen LogP contribution in [0.4, 0.5) is 5.82 Å². The number of rotatable bonds is 4. The highest BCUT2D eigenvalue weighted by Gasteiger charge is 2.20. The molecule has 7 heteroatoms. The summed E-state index contributed by atoms with van der Waals surface area (Å²) in [7, 11) is 0. The van der Waals surface area contributed by atoms with Crippen molar-refractivity contribution in [2.24, 2.45) is 11.7 Å². The number of nitrogens with one attached hydrogen (secondary N) is 1. The maximum atomic E-state index is 11.2. The fraction of sp³-hybridized carbons (Fsp3) is 0.444. The quantitative estimate of drug-likeness (QED) is 0.831. The maximum Gasteiger partial charge on any atom is 0.240 e. The highest BCUT2D eigenvalue weighted by atomic mass is 79.9. The molecule has 1 heterocycles. The predicted octanol–water partition coefficient (Wildman–Crippen LogP) is 1.81. The van der Waals surface area contributed by atoms with E-state index < -0.39 is 11.9 Å². The van der Waals surface area contributed by atoms with E-state index in [4.69, 9.17) is 17.3 Å². The van der Waals surface area contributed by atoms with Crippen molar-refractivity contribution in [3.63, 3.8) is 0 Å². The summed E-state index contributed by atoms with van der Waals surface area (Å²) in [5.41, 5.74) is 5.28. The van der Waals surface area contributed by atoms with E-state index >= 15 is 0 Å². The number of nitrogens with zero attached hydrogens (tertiary/aromatic N) is 2. The number of hydrogen-bond donors (Lipinski definition) is 2. The van der Waals surface area contributed by atoms with Crippen LogP contribution in [-0.2, 0) is 4.79 Å². The molecule has 0 fully saturated rings. The van der Waals surface area contributed by atoms with Crippen LogP contribution in [0.1, 0.15) is 13.8 Å². The van der Waals surface area contributed by atoms with Crippen molar-refractivity contribution in [3.8, 4) is 0 Å². The molecule has 0 saturated heterocycles. The summed E-state index contributed by atoms with van der Waals surface area (Å²) in [5, 5.41) is 3.04. The Labute approximate surface area is 107 Å². The van der Waals surface area contributed by atoms with E-state index in [2.05, 4.69) is 31.2 Å². The Bertz CT molecular complexity index is 399. The van der Waals surface area contributed by atoms with Crippen molar-refractivity contribution in [2.45, 2.75) is 19.9 Å². The van der Waals surface area contributed by atoms with Gasteiger partial charge >= 0.3 is 0 Å². The van der Waals surface area contributed by atoms with Crippen molar-refractivity contribution in [2.75, 3.05) is 5.32 Å². The summed E-state index contributed by atoms with van der Waals surface area (Å²) in [4.78, 5) is 19.0. The third kappa shape index (κ3) is 3.31. The normalized spacial score (nSPS) is 12.6. The molecule has 0 spiro atoms. The van der Waals surface area contributed by atoms with Crippen LogP contribution in [0.3, 0.4) is 0 Å². The van der Waals surface area contributed by atoms with Gasteiger partial charge in [-0.25, -0.2) is 4.98 Å². The molecule has 1 rings (SSSR count). The number of amides is 1. The Morgan fingerprint density at radius 3 is 2.75 bits per heavy atom. The minimum Gasteiger partial charge on any atom is -0.368 e. The van der Waals surface area contributed by atoms with Crippen LogP contribution in [0, 0.1) is 5.92 Å². The molecule has 0 aliphatic rings. The molecule has 1 atom stereocenters. The highest BCUT2D eigenvalue weighted by molar-refractivity contribution is 9.10. The number of anilines is 1. The van der Waals surface area contributed by atoms with E-state index in [1.54, 1.807) is 0 Å². The summed E-state index contributed by atoms with van der Waals surface area (Å²) in [6.07, 6.45) is 1.51. The molecule has 1 amide bonds. The number of halogens is 2. The van der Waals surface area contributed by atoms with Gasteiger partial charge in [-0.2, -0.15) is 4.98 Å². The number of nitrogens with two attached hydrogens (primary N) is 1. The van der Waals surface area contributed by atoms with Gasteiger partial charge in [0.15, 0.2) is 0 Å². The first-order valence-corrected chi connectivity index (χ1v) is 5.82. The van der Waals surface area contributed by atoms with Crippen LogP contribution < -0.4 is 11.1 Å². The molecular formula is C9H12BrClN4O. The lowest BCUT2D eigenvalue weighted by molar-refractivity contribution is -0.119. The average molecular weight is 308 g/mol. The van der Waals surface area contributed by atoms with Gasteiger partial charge in [0.05, 0.1) is 4.47 Å². The van der Waals surface area contributed by atoms with E-state index in [0.717, 1.165) is 0 Å². The van der Waals surface area contributed by atoms with Crippen LogP contribution in [-0.4, -0.2) is 21.9 Å². The van der Waals surface area contributed by atoms with E-state index in [9.17, 15) is 4.79 Å². The molecule has 0 saturated carbocycles. The number of aromatic nitrogens is 2. The Balaban J connectivity index is 2.93. The number of carbonyl (C=O) groups is 1. The van der Waals surface area contributed by atoms with E-state index in [1.807, 2.05) is 13.8 Å². The van der Waals surface area contributed by atoms with E-state index in [0.29, 0.717) is 10.3 Å². The molecule has 0 aliphatic carbocycles. The van der Waals surface area contributed by atoms with Gasteiger partial charge in [0.25, 0.3) is 0 Å². The van der Waals surface area contributed by atoms with Crippen molar-refractivity contribution in [3.05, 3.63) is 16.0 Å². The second-order valence-electron chi connectivity index (χ2n) is 3.60. The third-order valence-electron chi connectivity index (χ3n) is 1.98. The largest absolute Gasteiger partial charge is 0.368 e. The topological polar surface area (TPSA) is 80.9 Å². The standard InChI is InChI=1S/C9H12BrClN4O/c1-4(2)6(7(12)16)14-8-5(10)3-13-9(11)15-8/h3-4,6H,1-2H3,(H2,12,16)(H,13,14,15). The zero-order valence-corrected chi connectivity index (χ0v) is 11.2. The second-order valence-corrected chi connectivity index (χ2v) is 4.80. The molecule has 1 aromatic rings. The molecule has 0 radical (unpaired) electrons. The molecular weight excluding hydrogens is 295 g/mol. The Morgan fingerprint density at radius 1 is 1.62 bits per heavy atom. The fourth-order valence-corrected chi connectivity index (χ4v) is 1.60. The molecule has 1 aromatic heterocycles. The maximum absolute atomic E-state index is 11.2. The SMILES string of the molecule is CC(C)C(Nc1nc(Cl)ncc1Br)C(N)=O. The van der Waals surface area contributed by atoms with Crippen LogP contribution in [0.15, 0.2) is 10.7 Å². The highest BCUT2D eigenvalue weighted by Crippen LogP contribution is 2.22. The van der Waals surface area contributed by atoms with Crippen LogP contribution in [0.25, 0.3) is 0 Å². The first-order valence-electron chi connectivity index (χ1n) is 4.65. The molecule has 0 aliphatic heterocycles. The Hall–Kier alpha value is -0.880. The molecule has 0 aromatic carbocycles. The number of carbonyl (C=O) groups excluding carboxylic acids is 1. The van der Waals surface area contributed by atoms with Gasteiger partial charge in [-0.3, -0.25) is 4.79 Å². The van der Waals surface area contributed by atoms with Gasteiger partial charge in [-0.15, -0.1) is 0 Å². The third-order valence-corrected chi connectivity index (χ3v) is 2.74. The molecule has 5 nitrogen and oxygen atoms in total. The van der Waals surface area contributed by atoms with Gasteiger partial charge < -0.3 is 11.1 Å². The summed E-state index contributed by atoms with van der Waals surface area (Å²) >= 11 is 8.92. The zero-order chi connectivity index (χ0) is 12.3. The summed E-state index contributed by atoms with van der Waals surface area (Å²) < 4.78 is 0.629. The number of hydrogen-bond acceptors (Lipinski definition) is 4.